The Bertz CT molecular complexity index is 465. The quantitative estimate of drug-likeness (QED) is 0.859. The zero-order valence-electron chi connectivity index (χ0n) is 11.2. The van der Waals surface area contributed by atoms with Gasteiger partial charge in [0.1, 0.15) is 18.5 Å². The zero-order valence-corrected chi connectivity index (χ0v) is 11.9. The largest absolute Gasteiger partial charge is 0.491 e. The van der Waals surface area contributed by atoms with Crippen molar-refractivity contribution < 1.29 is 9.84 Å². The van der Waals surface area contributed by atoms with E-state index < -0.39 is 6.10 Å². The number of hydrogen-bond acceptors (Lipinski definition) is 3. The van der Waals surface area contributed by atoms with Crippen LogP contribution >= 0.6 is 11.6 Å². The second-order valence-electron chi connectivity index (χ2n) is 5.59. The molecule has 1 fully saturated rings. The van der Waals surface area contributed by atoms with Gasteiger partial charge in [0.25, 0.3) is 0 Å². The molecule has 2 aliphatic heterocycles. The van der Waals surface area contributed by atoms with Crippen LogP contribution in [0.4, 0.5) is 0 Å². The number of aliphatic hydroxyl groups is 1. The van der Waals surface area contributed by atoms with Crippen molar-refractivity contribution in [2.24, 2.45) is 0 Å². The Hall–Kier alpha value is -0.770. The molecule has 0 radical (unpaired) electrons. The highest BCUT2D eigenvalue weighted by atomic mass is 35.5. The lowest BCUT2D eigenvalue weighted by Gasteiger charge is -2.43. The van der Waals surface area contributed by atoms with Crippen LogP contribution in [0.5, 0.6) is 5.75 Å². The van der Waals surface area contributed by atoms with Crippen molar-refractivity contribution in [1.82, 2.24) is 4.90 Å². The molecule has 1 saturated heterocycles. The molecular formula is C15H20ClNO2. The second-order valence-corrected chi connectivity index (χ2v) is 6.02. The van der Waals surface area contributed by atoms with E-state index in [2.05, 4.69) is 11.8 Å². The number of piperidine rings is 1. The molecule has 4 heteroatoms. The molecule has 0 aromatic heterocycles. The first-order chi connectivity index (χ1) is 9.16. The lowest BCUT2D eigenvalue weighted by atomic mass is 9.93. The predicted molar refractivity (Wildman–Crippen MR) is 75.7 cm³/mol. The number of likely N-dealkylation sites (tertiary alicyclic amines) is 1. The minimum Gasteiger partial charge on any atom is -0.491 e. The molecule has 19 heavy (non-hydrogen) atoms. The molecule has 0 amide bonds. The van der Waals surface area contributed by atoms with Crippen LogP contribution in [-0.4, -0.2) is 35.2 Å². The Balaban J connectivity index is 1.86. The number of rotatable bonds is 1. The van der Waals surface area contributed by atoms with Crippen molar-refractivity contribution >= 4 is 11.6 Å². The van der Waals surface area contributed by atoms with Gasteiger partial charge in [-0.15, -0.1) is 0 Å². The smallest absolute Gasteiger partial charge is 0.125 e. The van der Waals surface area contributed by atoms with E-state index in [-0.39, 0.29) is 6.04 Å². The maximum Gasteiger partial charge on any atom is 0.125 e. The van der Waals surface area contributed by atoms with E-state index in [0.29, 0.717) is 17.7 Å². The normalized spacial score (nSPS) is 31.6. The summed E-state index contributed by atoms with van der Waals surface area (Å²) in [7, 11) is 0. The minimum atomic E-state index is -0.511. The van der Waals surface area contributed by atoms with Crippen LogP contribution in [0, 0.1) is 0 Å². The number of benzene rings is 1. The Morgan fingerprint density at radius 3 is 3.00 bits per heavy atom. The molecule has 2 heterocycles. The van der Waals surface area contributed by atoms with Gasteiger partial charge in [-0.3, -0.25) is 4.90 Å². The number of aliphatic hydroxyl groups excluding tert-OH is 1. The van der Waals surface area contributed by atoms with E-state index >= 15 is 0 Å². The Morgan fingerprint density at radius 1 is 1.37 bits per heavy atom. The molecule has 0 bridgehead atoms. The lowest BCUT2D eigenvalue weighted by Crippen LogP contribution is -2.51. The Labute approximate surface area is 119 Å². The van der Waals surface area contributed by atoms with Crippen molar-refractivity contribution in [3.05, 3.63) is 28.8 Å². The number of fused-ring (bicyclic) bond motifs is 1. The van der Waals surface area contributed by atoms with Crippen molar-refractivity contribution in [3.63, 3.8) is 0 Å². The van der Waals surface area contributed by atoms with Crippen molar-refractivity contribution in [3.8, 4) is 5.75 Å². The van der Waals surface area contributed by atoms with Gasteiger partial charge >= 0.3 is 0 Å². The van der Waals surface area contributed by atoms with E-state index in [1.54, 1.807) is 6.07 Å². The Kier molecular flexibility index (Phi) is 3.70. The summed E-state index contributed by atoms with van der Waals surface area (Å²) in [5.74, 6) is 0.762. The standard InChI is InChI=1S/C15H20ClNO2/c1-10-4-2-3-7-17(10)13-9-19-14-6-5-11(16)8-12(14)15(13)18/h5-6,8,10,13,15,18H,2-4,7,9H2,1H3. The van der Waals surface area contributed by atoms with Gasteiger partial charge in [-0.1, -0.05) is 18.0 Å². The van der Waals surface area contributed by atoms with Gasteiger partial charge in [-0.2, -0.15) is 0 Å². The van der Waals surface area contributed by atoms with Gasteiger partial charge in [0.15, 0.2) is 0 Å². The molecule has 0 spiro atoms. The predicted octanol–water partition coefficient (Wildman–Crippen LogP) is 3.01. The highest BCUT2D eigenvalue weighted by molar-refractivity contribution is 6.30. The zero-order chi connectivity index (χ0) is 13.4. The topological polar surface area (TPSA) is 32.7 Å². The first-order valence-electron chi connectivity index (χ1n) is 7.03. The monoisotopic (exact) mass is 281 g/mol. The molecule has 3 rings (SSSR count). The summed E-state index contributed by atoms with van der Waals surface area (Å²) in [5.41, 5.74) is 0.821. The summed E-state index contributed by atoms with van der Waals surface area (Å²) in [6, 6.07) is 6.02. The molecule has 3 atom stereocenters. The maximum atomic E-state index is 10.6. The van der Waals surface area contributed by atoms with E-state index in [1.165, 1.54) is 19.3 Å². The average molecular weight is 282 g/mol. The van der Waals surface area contributed by atoms with Crippen molar-refractivity contribution in [2.45, 2.75) is 44.4 Å². The number of hydrogen-bond donors (Lipinski definition) is 1. The van der Waals surface area contributed by atoms with E-state index in [4.69, 9.17) is 16.3 Å². The molecule has 1 N–H and O–H groups in total. The van der Waals surface area contributed by atoms with Gasteiger partial charge in [0, 0.05) is 16.6 Å². The fraction of sp³-hybridized carbons (Fsp3) is 0.600. The average Bonchev–Trinajstić information content (AvgIpc) is 2.41. The number of halogens is 1. The van der Waals surface area contributed by atoms with Crippen molar-refractivity contribution in [1.29, 1.82) is 0 Å². The summed E-state index contributed by atoms with van der Waals surface area (Å²) < 4.78 is 5.80. The third kappa shape index (κ3) is 2.47. The van der Waals surface area contributed by atoms with E-state index in [0.717, 1.165) is 17.9 Å². The SMILES string of the molecule is CC1CCCCN1C1COc2ccc(Cl)cc2C1O. The third-order valence-electron chi connectivity index (χ3n) is 4.34. The maximum absolute atomic E-state index is 10.6. The molecule has 104 valence electrons. The molecule has 0 saturated carbocycles. The molecule has 3 unspecified atom stereocenters. The molecule has 0 aliphatic carbocycles. The van der Waals surface area contributed by atoms with Crippen LogP contribution in [0.3, 0.4) is 0 Å². The summed E-state index contributed by atoms with van der Waals surface area (Å²) in [4.78, 5) is 2.39. The van der Waals surface area contributed by atoms with Gasteiger partial charge in [0.2, 0.25) is 0 Å². The van der Waals surface area contributed by atoms with E-state index in [9.17, 15) is 5.11 Å². The third-order valence-corrected chi connectivity index (χ3v) is 4.58. The van der Waals surface area contributed by atoms with Gasteiger partial charge in [-0.05, 0) is 44.5 Å². The first-order valence-corrected chi connectivity index (χ1v) is 7.40. The summed E-state index contributed by atoms with van der Waals surface area (Å²) in [6.07, 6.45) is 3.17. The Morgan fingerprint density at radius 2 is 2.21 bits per heavy atom. The molecule has 3 nitrogen and oxygen atoms in total. The minimum absolute atomic E-state index is 0.0428. The van der Waals surface area contributed by atoms with Gasteiger partial charge < -0.3 is 9.84 Å². The number of nitrogens with zero attached hydrogens (tertiary/aromatic N) is 1. The van der Waals surface area contributed by atoms with Gasteiger partial charge in [0.05, 0.1) is 6.04 Å². The molecular weight excluding hydrogens is 262 g/mol. The fourth-order valence-electron chi connectivity index (χ4n) is 3.25. The summed E-state index contributed by atoms with van der Waals surface area (Å²) in [6.45, 7) is 3.83. The number of ether oxygens (including phenoxy) is 1. The van der Waals surface area contributed by atoms with Crippen LogP contribution < -0.4 is 4.74 Å². The fourth-order valence-corrected chi connectivity index (χ4v) is 3.43. The first kappa shape index (κ1) is 13.2. The molecule has 1 aromatic carbocycles. The lowest BCUT2D eigenvalue weighted by molar-refractivity contribution is -0.0246. The van der Waals surface area contributed by atoms with Gasteiger partial charge in [-0.25, -0.2) is 0 Å². The molecule has 1 aromatic rings. The highest BCUT2D eigenvalue weighted by Gasteiger charge is 2.36. The van der Waals surface area contributed by atoms with E-state index in [1.807, 2.05) is 12.1 Å². The van der Waals surface area contributed by atoms with Crippen LogP contribution in [0.1, 0.15) is 37.9 Å². The summed E-state index contributed by atoms with van der Waals surface area (Å²) in [5, 5.41) is 11.3. The van der Waals surface area contributed by atoms with Crippen molar-refractivity contribution in [2.75, 3.05) is 13.2 Å². The summed E-state index contributed by atoms with van der Waals surface area (Å²) >= 11 is 6.02. The van der Waals surface area contributed by atoms with Crippen LogP contribution in [-0.2, 0) is 0 Å². The van der Waals surface area contributed by atoms with Crippen LogP contribution in [0.15, 0.2) is 18.2 Å². The van der Waals surface area contributed by atoms with Crippen LogP contribution in [0.25, 0.3) is 0 Å². The second kappa shape index (κ2) is 5.31. The van der Waals surface area contributed by atoms with Crippen LogP contribution in [0.2, 0.25) is 5.02 Å². The molecule has 2 aliphatic rings. The highest BCUT2D eigenvalue weighted by Crippen LogP contribution is 2.37.